The Morgan fingerprint density at radius 2 is 1.67 bits per heavy atom. The lowest BCUT2D eigenvalue weighted by atomic mass is 10.2. The maximum absolute atomic E-state index is 12.1. The van der Waals surface area contributed by atoms with Crippen LogP contribution >= 0.6 is 31.9 Å². The fourth-order valence-corrected chi connectivity index (χ4v) is 2.71. The maximum Gasteiger partial charge on any atom is 0.256 e. The van der Waals surface area contributed by atoms with Crippen molar-refractivity contribution in [3.8, 4) is 0 Å². The van der Waals surface area contributed by atoms with Crippen molar-refractivity contribution in [2.75, 3.05) is 13.1 Å². The quantitative estimate of drug-likeness (QED) is 0.825. The first-order chi connectivity index (χ1) is 7.11. The standard InChI is InChI=1S/C11H13Br2NO/c1-3-14(4-2)11(15)10-8(12)6-5-7-9(10)13/h5-7H,3-4H2,1-2H3. The van der Waals surface area contributed by atoms with Gasteiger partial charge in [-0.05, 0) is 57.8 Å². The minimum absolute atomic E-state index is 0.0550. The molecule has 0 spiro atoms. The van der Waals surface area contributed by atoms with Gasteiger partial charge in [0, 0.05) is 22.0 Å². The van der Waals surface area contributed by atoms with Crippen LogP contribution in [-0.4, -0.2) is 23.9 Å². The molecule has 0 saturated heterocycles. The molecule has 1 amide bonds. The van der Waals surface area contributed by atoms with Gasteiger partial charge in [0.25, 0.3) is 5.91 Å². The highest BCUT2D eigenvalue weighted by Gasteiger charge is 2.17. The van der Waals surface area contributed by atoms with E-state index in [1.807, 2.05) is 32.0 Å². The summed E-state index contributed by atoms with van der Waals surface area (Å²) in [5, 5.41) is 0. The number of amides is 1. The Kier molecular flexibility index (Phi) is 4.80. The van der Waals surface area contributed by atoms with E-state index < -0.39 is 0 Å². The second-order valence-corrected chi connectivity index (χ2v) is 4.78. The van der Waals surface area contributed by atoms with Gasteiger partial charge >= 0.3 is 0 Å². The van der Waals surface area contributed by atoms with Crippen molar-refractivity contribution in [3.05, 3.63) is 32.7 Å². The zero-order valence-electron chi connectivity index (χ0n) is 8.76. The predicted octanol–water partition coefficient (Wildman–Crippen LogP) is 3.69. The number of nitrogens with zero attached hydrogens (tertiary/aromatic N) is 1. The summed E-state index contributed by atoms with van der Waals surface area (Å²) < 4.78 is 1.66. The second-order valence-electron chi connectivity index (χ2n) is 3.07. The number of benzene rings is 1. The first-order valence-electron chi connectivity index (χ1n) is 4.85. The number of hydrogen-bond donors (Lipinski definition) is 0. The molecule has 1 aromatic carbocycles. The van der Waals surface area contributed by atoms with Crippen molar-refractivity contribution in [2.45, 2.75) is 13.8 Å². The molecule has 0 aliphatic heterocycles. The lowest BCUT2D eigenvalue weighted by Gasteiger charge is -2.20. The molecule has 0 fully saturated rings. The minimum Gasteiger partial charge on any atom is -0.339 e. The number of hydrogen-bond acceptors (Lipinski definition) is 1. The minimum atomic E-state index is 0.0550. The van der Waals surface area contributed by atoms with Crippen molar-refractivity contribution in [1.29, 1.82) is 0 Å². The second kappa shape index (κ2) is 5.66. The van der Waals surface area contributed by atoms with Crippen LogP contribution in [0.25, 0.3) is 0 Å². The van der Waals surface area contributed by atoms with E-state index in [0.717, 1.165) is 22.0 Å². The summed E-state index contributed by atoms with van der Waals surface area (Å²) in [6.07, 6.45) is 0. The highest BCUT2D eigenvalue weighted by atomic mass is 79.9. The fourth-order valence-electron chi connectivity index (χ4n) is 1.37. The molecule has 0 aromatic heterocycles. The third-order valence-electron chi connectivity index (χ3n) is 2.23. The monoisotopic (exact) mass is 333 g/mol. The van der Waals surface area contributed by atoms with Crippen LogP contribution < -0.4 is 0 Å². The molecule has 15 heavy (non-hydrogen) atoms. The smallest absolute Gasteiger partial charge is 0.256 e. The zero-order valence-corrected chi connectivity index (χ0v) is 11.9. The Morgan fingerprint density at radius 1 is 1.20 bits per heavy atom. The van der Waals surface area contributed by atoms with Crippen LogP contribution in [0.1, 0.15) is 24.2 Å². The van der Waals surface area contributed by atoms with Crippen molar-refractivity contribution in [2.24, 2.45) is 0 Å². The Balaban J connectivity index is 3.10. The van der Waals surface area contributed by atoms with Crippen molar-refractivity contribution in [3.63, 3.8) is 0 Å². The van der Waals surface area contributed by atoms with Gasteiger partial charge in [-0.15, -0.1) is 0 Å². The van der Waals surface area contributed by atoms with E-state index in [2.05, 4.69) is 31.9 Å². The van der Waals surface area contributed by atoms with Crippen molar-refractivity contribution in [1.82, 2.24) is 4.90 Å². The van der Waals surface area contributed by atoms with Crippen molar-refractivity contribution < 1.29 is 4.79 Å². The average Bonchev–Trinajstić information content (AvgIpc) is 2.19. The molecule has 82 valence electrons. The van der Waals surface area contributed by atoms with Gasteiger partial charge in [0.05, 0.1) is 5.56 Å². The SMILES string of the molecule is CCN(CC)C(=O)c1c(Br)cccc1Br. The molecule has 0 saturated carbocycles. The molecule has 0 radical (unpaired) electrons. The Labute approximate surface area is 107 Å². The van der Waals surface area contributed by atoms with Crippen LogP contribution in [0.5, 0.6) is 0 Å². The van der Waals surface area contributed by atoms with Crippen LogP contribution in [0.15, 0.2) is 27.1 Å². The Morgan fingerprint density at radius 3 is 2.07 bits per heavy atom. The summed E-state index contributed by atoms with van der Waals surface area (Å²) in [6, 6.07) is 5.65. The third-order valence-corrected chi connectivity index (χ3v) is 3.55. The molecule has 0 heterocycles. The van der Waals surface area contributed by atoms with Crippen LogP contribution in [-0.2, 0) is 0 Å². The molecule has 2 nitrogen and oxygen atoms in total. The highest BCUT2D eigenvalue weighted by Crippen LogP contribution is 2.26. The molecular formula is C11H13Br2NO. The fraction of sp³-hybridized carbons (Fsp3) is 0.364. The number of carbonyl (C=O) groups excluding carboxylic acids is 1. The Hall–Kier alpha value is -0.350. The topological polar surface area (TPSA) is 20.3 Å². The van der Waals surface area contributed by atoms with Gasteiger partial charge in [0.1, 0.15) is 0 Å². The van der Waals surface area contributed by atoms with E-state index in [9.17, 15) is 4.79 Å². The molecular weight excluding hydrogens is 322 g/mol. The third kappa shape index (κ3) is 2.82. The van der Waals surface area contributed by atoms with E-state index in [1.54, 1.807) is 4.90 Å². The van der Waals surface area contributed by atoms with E-state index in [-0.39, 0.29) is 5.91 Å². The molecule has 0 aliphatic carbocycles. The first-order valence-corrected chi connectivity index (χ1v) is 6.43. The predicted molar refractivity (Wildman–Crippen MR) is 69.1 cm³/mol. The first kappa shape index (κ1) is 12.7. The van der Waals surface area contributed by atoms with E-state index in [1.165, 1.54) is 0 Å². The maximum atomic E-state index is 12.1. The summed E-state index contributed by atoms with van der Waals surface area (Å²) in [7, 11) is 0. The van der Waals surface area contributed by atoms with E-state index >= 15 is 0 Å². The van der Waals surface area contributed by atoms with E-state index in [4.69, 9.17) is 0 Å². The molecule has 0 atom stereocenters. The van der Waals surface area contributed by atoms with Gasteiger partial charge in [-0.1, -0.05) is 6.07 Å². The lowest BCUT2D eigenvalue weighted by molar-refractivity contribution is 0.0771. The summed E-state index contributed by atoms with van der Waals surface area (Å²) in [5.41, 5.74) is 0.696. The van der Waals surface area contributed by atoms with Crippen LogP contribution in [0.2, 0.25) is 0 Å². The molecule has 0 bridgehead atoms. The van der Waals surface area contributed by atoms with Gasteiger partial charge in [-0.25, -0.2) is 0 Å². The largest absolute Gasteiger partial charge is 0.339 e. The Bertz CT molecular complexity index is 341. The van der Waals surface area contributed by atoms with Crippen LogP contribution in [0.4, 0.5) is 0 Å². The molecule has 1 rings (SSSR count). The molecule has 1 aromatic rings. The van der Waals surface area contributed by atoms with Gasteiger partial charge in [-0.3, -0.25) is 4.79 Å². The van der Waals surface area contributed by atoms with Gasteiger partial charge in [0.15, 0.2) is 0 Å². The summed E-state index contributed by atoms with van der Waals surface area (Å²) in [6.45, 7) is 5.41. The molecule has 0 N–H and O–H groups in total. The number of rotatable bonds is 3. The average molecular weight is 335 g/mol. The van der Waals surface area contributed by atoms with E-state index in [0.29, 0.717) is 5.56 Å². The summed E-state index contributed by atoms with van der Waals surface area (Å²) >= 11 is 6.79. The lowest BCUT2D eigenvalue weighted by Crippen LogP contribution is -2.30. The van der Waals surface area contributed by atoms with Crippen molar-refractivity contribution >= 4 is 37.8 Å². The summed E-state index contributed by atoms with van der Waals surface area (Å²) in [4.78, 5) is 13.9. The number of carbonyl (C=O) groups is 1. The van der Waals surface area contributed by atoms with Gasteiger partial charge < -0.3 is 4.90 Å². The summed E-state index contributed by atoms with van der Waals surface area (Å²) in [5.74, 6) is 0.0550. The van der Waals surface area contributed by atoms with Crippen LogP contribution in [0, 0.1) is 0 Å². The highest BCUT2D eigenvalue weighted by molar-refractivity contribution is 9.11. The molecule has 4 heteroatoms. The zero-order chi connectivity index (χ0) is 11.4. The normalized spacial score (nSPS) is 10.1. The molecule has 0 unspecified atom stereocenters. The van der Waals surface area contributed by atoms with Gasteiger partial charge in [-0.2, -0.15) is 0 Å². The number of halogens is 2. The molecule has 0 aliphatic rings. The van der Waals surface area contributed by atoms with Gasteiger partial charge in [0.2, 0.25) is 0 Å². The van der Waals surface area contributed by atoms with Crippen LogP contribution in [0.3, 0.4) is 0 Å².